The molecule has 3 rings (SSSR count). The number of hydrogen-bond donors (Lipinski definition) is 2. The van der Waals surface area contributed by atoms with E-state index in [1.165, 1.54) is 5.56 Å². The van der Waals surface area contributed by atoms with Gasteiger partial charge in [-0.25, -0.2) is 9.79 Å². The molecule has 0 aromatic heterocycles. The fraction of sp³-hybridized carbons (Fsp3) is 0.222. The van der Waals surface area contributed by atoms with Crippen LogP contribution in [0.1, 0.15) is 35.3 Å². The van der Waals surface area contributed by atoms with Crippen molar-refractivity contribution in [1.29, 1.82) is 0 Å². The topological polar surface area (TPSA) is 64.9 Å². The Hall–Kier alpha value is -2.82. The summed E-state index contributed by atoms with van der Waals surface area (Å²) in [4.78, 5) is 15.8. The zero-order valence-corrected chi connectivity index (χ0v) is 13.2. The molecular formula is C18H19N3O2. The average molecular weight is 309 g/mol. The molecule has 1 unspecified atom stereocenters. The Balaban J connectivity index is 1.90. The van der Waals surface area contributed by atoms with Crippen molar-refractivity contribution in [3.63, 3.8) is 0 Å². The van der Waals surface area contributed by atoms with Crippen LogP contribution in [0.3, 0.4) is 0 Å². The number of para-hydroxylation sites is 1. The molecule has 0 fully saturated rings. The summed E-state index contributed by atoms with van der Waals surface area (Å²) in [7, 11) is 0. The van der Waals surface area contributed by atoms with Crippen LogP contribution in [0.4, 0.5) is 5.69 Å². The minimum absolute atomic E-state index is 0.0637. The molecule has 0 radical (unpaired) electrons. The summed E-state index contributed by atoms with van der Waals surface area (Å²) in [6.07, 6.45) is 0.872. The van der Waals surface area contributed by atoms with E-state index in [1.807, 2.05) is 30.1 Å². The molecule has 1 heterocycles. The first-order valence-corrected chi connectivity index (χ1v) is 7.65. The third kappa shape index (κ3) is 2.90. The second-order valence-electron chi connectivity index (χ2n) is 5.46. The van der Waals surface area contributed by atoms with E-state index in [9.17, 15) is 4.79 Å². The summed E-state index contributed by atoms with van der Waals surface area (Å²) in [5.74, 6) is -0.252. The third-order valence-corrected chi connectivity index (χ3v) is 3.93. The van der Waals surface area contributed by atoms with Gasteiger partial charge in [0.25, 0.3) is 0 Å². The standard InChI is InChI=1S/C18H19N3O2/c1-3-13-7-4-5-10-16(13)21-12(2)19-17(20-21)14-8-6-9-15(11-14)18(22)23/h4-12H,3H2,1-2H3,(H,19,20)(H,22,23). The number of carboxylic acid groups (broad SMARTS) is 1. The van der Waals surface area contributed by atoms with Gasteiger partial charge < -0.3 is 5.11 Å². The number of hydrogen-bond acceptors (Lipinski definition) is 4. The van der Waals surface area contributed by atoms with E-state index in [0.717, 1.165) is 17.7 Å². The maximum Gasteiger partial charge on any atom is 0.335 e. The molecule has 5 nitrogen and oxygen atoms in total. The lowest BCUT2D eigenvalue weighted by molar-refractivity contribution is 0.0697. The molecule has 0 aliphatic carbocycles. The molecule has 2 aromatic carbocycles. The zero-order chi connectivity index (χ0) is 16.4. The monoisotopic (exact) mass is 309 g/mol. The van der Waals surface area contributed by atoms with Gasteiger partial charge in [-0.3, -0.25) is 10.4 Å². The molecular weight excluding hydrogens is 290 g/mol. The summed E-state index contributed by atoms with van der Waals surface area (Å²) in [6, 6.07) is 15.0. The highest BCUT2D eigenvalue weighted by Crippen LogP contribution is 2.25. The summed E-state index contributed by atoms with van der Waals surface area (Å²) in [5, 5.41) is 11.1. The number of aryl methyl sites for hydroxylation is 1. The molecule has 0 saturated carbocycles. The Morgan fingerprint density at radius 3 is 2.78 bits per heavy atom. The van der Waals surface area contributed by atoms with Gasteiger partial charge in [-0.1, -0.05) is 37.3 Å². The van der Waals surface area contributed by atoms with Gasteiger partial charge in [0, 0.05) is 5.56 Å². The minimum Gasteiger partial charge on any atom is -0.478 e. The van der Waals surface area contributed by atoms with Crippen LogP contribution in [0.25, 0.3) is 0 Å². The predicted octanol–water partition coefficient (Wildman–Crippen LogP) is 3.06. The number of hydrazine groups is 1. The van der Waals surface area contributed by atoms with E-state index in [-0.39, 0.29) is 11.7 Å². The van der Waals surface area contributed by atoms with E-state index in [2.05, 4.69) is 29.5 Å². The molecule has 23 heavy (non-hydrogen) atoms. The van der Waals surface area contributed by atoms with Gasteiger partial charge in [-0.05, 0) is 37.1 Å². The number of rotatable bonds is 4. The van der Waals surface area contributed by atoms with Crippen LogP contribution in [0, 0.1) is 0 Å². The minimum atomic E-state index is -0.938. The number of aromatic carboxylic acids is 1. The third-order valence-electron chi connectivity index (χ3n) is 3.93. The van der Waals surface area contributed by atoms with Crippen molar-refractivity contribution in [3.05, 3.63) is 65.2 Å². The number of aliphatic imine (C=N–C) groups is 1. The van der Waals surface area contributed by atoms with Crippen molar-refractivity contribution in [2.75, 3.05) is 5.01 Å². The quantitative estimate of drug-likeness (QED) is 0.911. The summed E-state index contributed by atoms with van der Waals surface area (Å²) in [5.41, 5.74) is 6.66. The molecule has 2 N–H and O–H groups in total. The molecule has 0 bridgehead atoms. The van der Waals surface area contributed by atoms with Gasteiger partial charge in [-0.2, -0.15) is 0 Å². The van der Waals surface area contributed by atoms with Crippen molar-refractivity contribution in [3.8, 4) is 0 Å². The van der Waals surface area contributed by atoms with Crippen molar-refractivity contribution in [1.82, 2.24) is 5.43 Å². The fourth-order valence-electron chi connectivity index (χ4n) is 2.73. The van der Waals surface area contributed by atoms with Crippen LogP contribution in [-0.4, -0.2) is 23.1 Å². The highest BCUT2D eigenvalue weighted by atomic mass is 16.4. The first-order chi connectivity index (χ1) is 11.1. The number of anilines is 1. The second kappa shape index (κ2) is 6.12. The molecule has 1 aliphatic heterocycles. The Morgan fingerprint density at radius 1 is 1.26 bits per heavy atom. The molecule has 2 aromatic rings. The predicted molar refractivity (Wildman–Crippen MR) is 90.8 cm³/mol. The first kappa shape index (κ1) is 15.1. The Kier molecular flexibility index (Phi) is 4.02. The lowest BCUT2D eigenvalue weighted by Gasteiger charge is -2.25. The number of carbonyl (C=O) groups is 1. The van der Waals surface area contributed by atoms with Crippen molar-refractivity contribution in [2.45, 2.75) is 26.4 Å². The van der Waals surface area contributed by atoms with Gasteiger partial charge in [0.15, 0.2) is 0 Å². The first-order valence-electron chi connectivity index (χ1n) is 7.65. The van der Waals surface area contributed by atoms with Crippen LogP contribution in [-0.2, 0) is 6.42 Å². The average Bonchev–Trinajstić information content (AvgIpc) is 2.96. The zero-order valence-electron chi connectivity index (χ0n) is 13.2. The van der Waals surface area contributed by atoms with Gasteiger partial charge in [0.05, 0.1) is 11.3 Å². The number of benzene rings is 2. The Bertz CT molecular complexity index is 770. The fourth-order valence-corrected chi connectivity index (χ4v) is 2.73. The smallest absolute Gasteiger partial charge is 0.335 e. The molecule has 5 heteroatoms. The molecule has 1 aliphatic rings. The summed E-state index contributed by atoms with van der Waals surface area (Å²) >= 11 is 0. The normalized spacial score (nSPS) is 16.9. The Labute approximate surface area is 135 Å². The second-order valence-corrected chi connectivity index (χ2v) is 5.46. The lowest BCUT2D eigenvalue weighted by Crippen LogP contribution is -2.40. The molecule has 0 amide bonds. The molecule has 0 spiro atoms. The van der Waals surface area contributed by atoms with E-state index in [4.69, 9.17) is 5.11 Å². The van der Waals surface area contributed by atoms with Crippen LogP contribution < -0.4 is 10.4 Å². The Morgan fingerprint density at radius 2 is 2.04 bits per heavy atom. The van der Waals surface area contributed by atoms with Crippen LogP contribution >= 0.6 is 0 Å². The maximum absolute atomic E-state index is 11.1. The molecule has 118 valence electrons. The van der Waals surface area contributed by atoms with E-state index in [0.29, 0.717) is 5.84 Å². The number of nitrogens with zero attached hydrogens (tertiary/aromatic N) is 2. The van der Waals surface area contributed by atoms with E-state index in [1.54, 1.807) is 18.2 Å². The van der Waals surface area contributed by atoms with Crippen LogP contribution in [0.2, 0.25) is 0 Å². The summed E-state index contributed by atoms with van der Waals surface area (Å²) < 4.78 is 0. The van der Waals surface area contributed by atoms with Gasteiger partial charge in [0.2, 0.25) is 0 Å². The maximum atomic E-state index is 11.1. The SMILES string of the molecule is CCc1ccccc1N1NC(c2cccc(C(=O)O)c2)=NC1C. The van der Waals surface area contributed by atoms with Gasteiger partial charge >= 0.3 is 5.97 Å². The van der Waals surface area contributed by atoms with Gasteiger partial charge in [0.1, 0.15) is 12.0 Å². The van der Waals surface area contributed by atoms with E-state index >= 15 is 0 Å². The van der Waals surface area contributed by atoms with E-state index < -0.39 is 5.97 Å². The van der Waals surface area contributed by atoms with Crippen molar-refractivity contribution < 1.29 is 9.90 Å². The highest BCUT2D eigenvalue weighted by Gasteiger charge is 2.25. The highest BCUT2D eigenvalue weighted by molar-refractivity contribution is 6.03. The number of nitrogens with one attached hydrogen (secondary N) is 1. The lowest BCUT2D eigenvalue weighted by atomic mass is 10.1. The van der Waals surface area contributed by atoms with Crippen LogP contribution in [0.5, 0.6) is 0 Å². The number of amidine groups is 1. The number of carboxylic acids is 1. The molecule has 0 saturated heterocycles. The van der Waals surface area contributed by atoms with Crippen molar-refractivity contribution in [2.24, 2.45) is 4.99 Å². The van der Waals surface area contributed by atoms with Crippen molar-refractivity contribution >= 4 is 17.5 Å². The van der Waals surface area contributed by atoms with Gasteiger partial charge in [-0.15, -0.1) is 0 Å². The summed E-state index contributed by atoms with van der Waals surface area (Å²) in [6.45, 7) is 4.13. The largest absolute Gasteiger partial charge is 0.478 e. The van der Waals surface area contributed by atoms with Crippen LogP contribution in [0.15, 0.2) is 53.5 Å². The molecule has 1 atom stereocenters.